The van der Waals surface area contributed by atoms with Crippen LogP contribution in [-0.2, 0) is 12.0 Å². The van der Waals surface area contributed by atoms with Crippen LogP contribution in [0.1, 0.15) is 48.7 Å². The number of aromatic nitrogens is 1. The average Bonchev–Trinajstić information content (AvgIpc) is 2.91. The van der Waals surface area contributed by atoms with Crippen LogP contribution >= 0.6 is 11.3 Å². The minimum atomic E-state index is 0.305. The highest BCUT2D eigenvalue weighted by Crippen LogP contribution is 2.41. The van der Waals surface area contributed by atoms with Crippen molar-refractivity contribution in [2.45, 2.75) is 44.7 Å². The van der Waals surface area contributed by atoms with E-state index in [0.717, 1.165) is 6.54 Å². The molecule has 0 radical (unpaired) electrons. The highest BCUT2D eigenvalue weighted by atomic mass is 32.1. The zero-order chi connectivity index (χ0) is 13.3. The number of hydrogen-bond donors (Lipinski definition) is 1. The van der Waals surface area contributed by atoms with Crippen LogP contribution in [0.5, 0.6) is 0 Å². The van der Waals surface area contributed by atoms with Crippen LogP contribution in [-0.4, -0.2) is 4.98 Å². The molecule has 1 aliphatic carbocycles. The number of nitrogens with zero attached hydrogens (tertiary/aromatic N) is 1. The van der Waals surface area contributed by atoms with Crippen molar-refractivity contribution < 1.29 is 0 Å². The molecular weight excluding hydrogens is 252 g/mol. The molecule has 1 aromatic heterocycles. The summed E-state index contributed by atoms with van der Waals surface area (Å²) in [5, 5.41) is 3.69. The fourth-order valence-corrected chi connectivity index (χ4v) is 3.52. The Bertz CT molecular complexity index is 546. The summed E-state index contributed by atoms with van der Waals surface area (Å²) in [6.07, 6.45) is 4.41. The van der Waals surface area contributed by atoms with E-state index in [4.69, 9.17) is 0 Å². The van der Waals surface area contributed by atoms with E-state index in [9.17, 15) is 0 Å². The molecule has 1 atom stereocenters. The Labute approximate surface area is 118 Å². The Morgan fingerprint density at radius 1 is 1.37 bits per heavy atom. The summed E-state index contributed by atoms with van der Waals surface area (Å²) >= 11 is 1.72. The molecule has 1 heterocycles. The number of fused-ring (bicyclic) bond motifs is 1. The Morgan fingerprint density at radius 2 is 2.21 bits per heavy atom. The molecule has 0 fully saturated rings. The Hall–Kier alpha value is -1.19. The van der Waals surface area contributed by atoms with Gasteiger partial charge >= 0.3 is 0 Å². The molecule has 2 nitrogen and oxygen atoms in total. The average molecular weight is 272 g/mol. The van der Waals surface area contributed by atoms with Gasteiger partial charge in [0.1, 0.15) is 0 Å². The maximum absolute atomic E-state index is 4.13. The van der Waals surface area contributed by atoms with E-state index >= 15 is 0 Å². The summed E-state index contributed by atoms with van der Waals surface area (Å²) in [6, 6.07) is 9.36. The van der Waals surface area contributed by atoms with Gasteiger partial charge < -0.3 is 5.32 Å². The van der Waals surface area contributed by atoms with E-state index in [0.29, 0.717) is 11.5 Å². The van der Waals surface area contributed by atoms with Crippen molar-refractivity contribution in [2.24, 2.45) is 0 Å². The highest BCUT2D eigenvalue weighted by Gasteiger charge is 2.31. The van der Waals surface area contributed by atoms with Crippen LogP contribution in [0.15, 0.2) is 36.0 Å². The first-order chi connectivity index (χ1) is 9.17. The monoisotopic (exact) mass is 272 g/mol. The molecule has 0 aliphatic heterocycles. The van der Waals surface area contributed by atoms with Gasteiger partial charge in [-0.1, -0.05) is 38.1 Å². The first-order valence-corrected chi connectivity index (χ1v) is 7.75. The van der Waals surface area contributed by atoms with Crippen molar-refractivity contribution in [3.63, 3.8) is 0 Å². The van der Waals surface area contributed by atoms with Crippen molar-refractivity contribution in [2.75, 3.05) is 0 Å². The van der Waals surface area contributed by atoms with E-state index < -0.39 is 0 Å². The topological polar surface area (TPSA) is 24.9 Å². The molecule has 0 bridgehead atoms. The maximum Gasteiger partial charge on any atom is 0.0794 e. The second-order valence-corrected chi connectivity index (χ2v) is 6.88. The van der Waals surface area contributed by atoms with E-state index in [-0.39, 0.29) is 0 Å². The lowest BCUT2D eigenvalue weighted by atomic mass is 9.71. The van der Waals surface area contributed by atoms with Crippen LogP contribution in [0.25, 0.3) is 0 Å². The zero-order valence-corrected chi connectivity index (χ0v) is 12.3. The summed E-state index contributed by atoms with van der Waals surface area (Å²) in [5.41, 5.74) is 5.18. The minimum absolute atomic E-state index is 0.305. The van der Waals surface area contributed by atoms with Gasteiger partial charge in [-0.3, -0.25) is 4.98 Å². The van der Waals surface area contributed by atoms with Gasteiger partial charge in [0.05, 0.1) is 5.51 Å². The van der Waals surface area contributed by atoms with E-state index in [1.807, 2.05) is 11.7 Å². The number of thiazole rings is 1. The summed E-state index contributed by atoms with van der Waals surface area (Å²) in [4.78, 5) is 5.44. The van der Waals surface area contributed by atoms with Gasteiger partial charge in [-0.25, -0.2) is 0 Å². The molecule has 100 valence electrons. The normalized spacial score (nSPS) is 21.1. The molecule has 1 aliphatic rings. The standard InChI is InChI=1S/C16H20N2S/c1-16(2)8-7-15(13-5-3-4-6-14(13)16)18-10-12-9-17-11-19-12/h3-6,9,11,15,18H,7-8,10H2,1-2H3. The van der Waals surface area contributed by atoms with Gasteiger partial charge in [-0.05, 0) is 29.4 Å². The van der Waals surface area contributed by atoms with Gasteiger partial charge in [0, 0.05) is 23.7 Å². The third kappa shape index (κ3) is 2.58. The molecule has 3 heteroatoms. The molecule has 19 heavy (non-hydrogen) atoms. The molecule has 0 amide bonds. The van der Waals surface area contributed by atoms with E-state index in [1.165, 1.54) is 28.8 Å². The van der Waals surface area contributed by atoms with Crippen LogP contribution in [0.4, 0.5) is 0 Å². The first-order valence-electron chi connectivity index (χ1n) is 6.87. The molecule has 1 aromatic carbocycles. The molecule has 0 saturated heterocycles. The predicted molar refractivity (Wildman–Crippen MR) is 80.4 cm³/mol. The molecular formula is C16H20N2S. The Morgan fingerprint density at radius 3 is 3.00 bits per heavy atom. The van der Waals surface area contributed by atoms with Crippen LogP contribution in [0, 0.1) is 0 Å². The maximum atomic E-state index is 4.13. The first kappa shape index (κ1) is 12.8. The van der Waals surface area contributed by atoms with Gasteiger partial charge in [0.25, 0.3) is 0 Å². The second-order valence-electron chi connectivity index (χ2n) is 5.91. The molecule has 1 N–H and O–H groups in total. The van der Waals surface area contributed by atoms with Gasteiger partial charge in [0.15, 0.2) is 0 Å². The zero-order valence-electron chi connectivity index (χ0n) is 11.5. The highest BCUT2D eigenvalue weighted by molar-refractivity contribution is 7.09. The molecule has 3 rings (SSSR count). The summed E-state index contributed by atoms with van der Waals surface area (Å²) < 4.78 is 0. The lowest BCUT2D eigenvalue weighted by Crippen LogP contribution is -2.32. The van der Waals surface area contributed by atoms with Crippen LogP contribution in [0.2, 0.25) is 0 Å². The summed E-state index contributed by atoms with van der Waals surface area (Å²) in [6.45, 7) is 5.63. The van der Waals surface area contributed by atoms with Crippen molar-refractivity contribution in [3.05, 3.63) is 52.0 Å². The number of benzene rings is 1. The summed E-state index contributed by atoms with van der Waals surface area (Å²) in [7, 11) is 0. The van der Waals surface area contributed by atoms with Crippen molar-refractivity contribution in [1.29, 1.82) is 0 Å². The minimum Gasteiger partial charge on any atom is -0.305 e. The quantitative estimate of drug-likeness (QED) is 0.912. The molecule has 2 aromatic rings. The fraction of sp³-hybridized carbons (Fsp3) is 0.438. The SMILES string of the molecule is CC1(C)CCC(NCc2cncs2)c2ccccc21. The van der Waals surface area contributed by atoms with Crippen LogP contribution < -0.4 is 5.32 Å². The van der Waals surface area contributed by atoms with Gasteiger partial charge in [-0.2, -0.15) is 0 Å². The number of rotatable bonds is 3. The number of nitrogens with one attached hydrogen (secondary N) is 1. The lowest BCUT2D eigenvalue weighted by molar-refractivity contribution is 0.358. The summed E-state index contributed by atoms with van der Waals surface area (Å²) in [5.74, 6) is 0. The number of hydrogen-bond acceptors (Lipinski definition) is 3. The second kappa shape index (κ2) is 5.06. The van der Waals surface area contributed by atoms with Crippen LogP contribution in [0.3, 0.4) is 0 Å². The van der Waals surface area contributed by atoms with Gasteiger partial charge in [-0.15, -0.1) is 11.3 Å². The van der Waals surface area contributed by atoms with Crippen molar-refractivity contribution in [3.8, 4) is 0 Å². The van der Waals surface area contributed by atoms with Crippen molar-refractivity contribution >= 4 is 11.3 Å². The molecule has 0 saturated carbocycles. The lowest BCUT2D eigenvalue weighted by Gasteiger charge is -2.37. The Balaban J connectivity index is 1.80. The third-order valence-corrected chi connectivity index (χ3v) is 4.91. The molecule has 1 unspecified atom stereocenters. The van der Waals surface area contributed by atoms with E-state index in [1.54, 1.807) is 11.3 Å². The Kier molecular flexibility index (Phi) is 3.42. The fourth-order valence-electron chi connectivity index (χ4n) is 2.98. The smallest absolute Gasteiger partial charge is 0.0794 e. The van der Waals surface area contributed by atoms with Crippen molar-refractivity contribution in [1.82, 2.24) is 10.3 Å². The van der Waals surface area contributed by atoms with E-state index in [2.05, 4.69) is 48.4 Å². The third-order valence-electron chi connectivity index (χ3n) is 4.13. The predicted octanol–water partition coefficient (Wildman–Crippen LogP) is 4.05. The molecule has 0 spiro atoms. The largest absolute Gasteiger partial charge is 0.305 e. The van der Waals surface area contributed by atoms with Gasteiger partial charge in [0.2, 0.25) is 0 Å².